The molecule has 0 spiro atoms. The Morgan fingerprint density at radius 3 is 2.63 bits per heavy atom. The summed E-state index contributed by atoms with van der Waals surface area (Å²) in [5.74, 6) is 0.951. The van der Waals surface area contributed by atoms with Gasteiger partial charge in [-0.15, -0.1) is 0 Å². The number of fused-ring (bicyclic) bond motifs is 2. The summed E-state index contributed by atoms with van der Waals surface area (Å²) in [4.78, 5) is 0. The highest BCUT2D eigenvalue weighted by Crippen LogP contribution is 2.62. The molecule has 2 aliphatic carbocycles. The smallest absolute Gasteiger partial charge is 0.0177 e. The Morgan fingerprint density at radius 2 is 2.05 bits per heavy atom. The third-order valence-electron chi connectivity index (χ3n) is 6.52. The lowest BCUT2D eigenvalue weighted by molar-refractivity contribution is 0.0979. The molecule has 3 rings (SSSR count). The molecule has 3 fully saturated rings. The van der Waals surface area contributed by atoms with E-state index in [1.165, 1.54) is 45.1 Å². The van der Waals surface area contributed by atoms with E-state index in [0.717, 1.165) is 18.0 Å². The van der Waals surface area contributed by atoms with Crippen LogP contribution < -0.4 is 10.6 Å². The summed E-state index contributed by atoms with van der Waals surface area (Å²) in [7, 11) is 0. The molecule has 0 aromatic heterocycles. The van der Waals surface area contributed by atoms with Gasteiger partial charge >= 0.3 is 0 Å². The van der Waals surface area contributed by atoms with E-state index in [-0.39, 0.29) is 0 Å². The highest BCUT2D eigenvalue weighted by molar-refractivity contribution is 5.12. The van der Waals surface area contributed by atoms with Crippen LogP contribution in [-0.2, 0) is 0 Å². The van der Waals surface area contributed by atoms with E-state index in [9.17, 15) is 0 Å². The molecule has 2 bridgehead atoms. The lowest BCUT2D eigenvalue weighted by Gasteiger charge is -2.45. The van der Waals surface area contributed by atoms with E-state index in [1.54, 1.807) is 0 Å². The summed E-state index contributed by atoms with van der Waals surface area (Å²) in [6.45, 7) is 11.2. The van der Waals surface area contributed by atoms with Crippen molar-refractivity contribution in [3.63, 3.8) is 0 Å². The standard InChI is InChI=1S/C17H32N2/c1-12(10-14-6-5-9-18-14)19-15-16(2,3)13-7-8-17(15,4)11-13/h12-15,18-19H,5-11H2,1-4H3. The Hall–Kier alpha value is -0.0800. The first-order valence-electron chi connectivity index (χ1n) is 8.41. The van der Waals surface area contributed by atoms with Gasteiger partial charge in [0.1, 0.15) is 0 Å². The van der Waals surface area contributed by atoms with Crippen LogP contribution in [0, 0.1) is 16.7 Å². The predicted molar refractivity (Wildman–Crippen MR) is 81.3 cm³/mol. The molecule has 2 N–H and O–H groups in total. The monoisotopic (exact) mass is 264 g/mol. The maximum absolute atomic E-state index is 4.03. The quantitative estimate of drug-likeness (QED) is 0.814. The highest BCUT2D eigenvalue weighted by atomic mass is 15.0. The zero-order chi connectivity index (χ0) is 13.7. The van der Waals surface area contributed by atoms with Gasteiger partial charge in [0.05, 0.1) is 0 Å². The maximum atomic E-state index is 4.03. The molecule has 1 heterocycles. The van der Waals surface area contributed by atoms with Gasteiger partial charge in [0.25, 0.3) is 0 Å². The Bertz CT molecular complexity index is 327. The van der Waals surface area contributed by atoms with Gasteiger partial charge in [-0.1, -0.05) is 20.8 Å². The Labute approximate surface area is 119 Å². The summed E-state index contributed by atoms with van der Waals surface area (Å²) in [5.41, 5.74) is 1.05. The lowest BCUT2D eigenvalue weighted by atomic mass is 9.68. The molecule has 2 heteroatoms. The van der Waals surface area contributed by atoms with Gasteiger partial charge in [0, 0.05) is 18.1 Å². The third-order valence-corrected chi connectivity index (χ3v) is 6.52. The summed E-state index contributed by atoms with van der Waals surface area (Å²) in [6, 6.07) is 2.13. The summed E-state index contributed by atoms with van der Waals surface area (Å²) in [6.07, 6.45) is 8.39. The second kappa shape index (κ2) is 4.73. The Balaban J connectivity index is 1.62. The minimum atomic E-state index is 0.490. The van der Waals surface area contributed by atoms with E-state index < -0.39 is 0 Å². The van der Waals surface area contributed by atoms with E-state index in [4.69, 9.17) is 0 Å². The first-order chi connectivity index (χ1) is 8.92. The third kappa shape index (κ3) is 2.35. The van der Waals surface area contributed by atoms with Crippen LogP contribution in [0.3, 0.4) is 0 Å². The predicted octanol–water partition coefficient (Wildman–Crippen LogP) is 3.32. The summed E-state index contributed by atoms with van der Waals surface area (Å²) < 4.78 is 0. The topological polar surface area (TPSA) is 24.1 Å². The molecule has 19 heavy (non-hydrogen) atoms. The van der Waals surface area contributed by atoms with E-state index in [0.29, 0.717) is 16.9 Å². The van der Waals surface area contributed by atoms with Gasteiger partial charge in [0.2, 0.25) is 0 Å². The molecule has 2 saturated carbocycles. The van der Waals surface area contributed by atoms with Gasteiger partial charge < -0.3 is 10.6 Å². The molecule has 0 radical (unpaired) electrons. The van der Waals surface area contributed by atoms with Gasteiger partial charge in [-0.25, -0.2) is 0 Å². The van der Waals surface area contributed by atoms with Crippen LogP contribution >= 0.6 is 0 Å². The van der Waals surface area contributed by atoms with Crippen molar-refractivity contribution in [1.82, 2.24) is 10.6 Å². The SMILES string of the molecule is CC(CC1CCCN1)NC1C2(C)CCC(C2)C1(C)C. The Kier molecular flexibility index (Phi) is 3.46. The van der Waals surface area contributed by atoms with E-state index in [1.807, 2.05) is 0 Å². The minimum absolute atomic E-state index is 0.490. The number of hydrogen-bond donors (Lipinski definition) is 2. The van der Waals surface area contributed by atoms with Crippen LogP contribution in [-0.4, -0.2) is 24.7 Å². The van der Waals surface area contributed by atoms with Crippen molar-refractivity contribution in [2.24, 2.45) is 16.7 Å². The number of rotatable bonds is 4. The van der Waals surface area contributed by atoms with Crippen LogP contribution in [0.1, 0.15) is 66.2 Å². The second-order valence-electron chi connectivity index (χ2n) is 8.44. The second-order valence-corrected chi connectivity index (χ2v) is 8.44. The molecule has 0 aromatic carbocycles. The van der Waals surface area contributed by atoms with Crippen LogP contribution in [0.5, 0.6) is 0 Å². The normalized spacial score (nSPS) is 45.8. The molecule has 0 amide bonds. The van der Waals surface area contributed by atoms with Crippen LogP contribution in [0.25, 0.3) is 0 Å². The molecule has 2 nitrogen and oxygen atoms in total. The van der Waals surface area contributed by atoms with Crippen molar-refractivity contribution in [3.8, 4) is 0 Å². The fraction of sp³-hybridized carbons (Fsp3) is 1.00. The number of hydrogen-bond acceptors (Lipinski definition) is 2. The van der Waals surface area contributed by atoms with Crippen molar-refractivity contribution < 1.29 is 0 Å². The first-order valence-corrected chi connectivity index (χ1v) is 8.41. The molecular weight excluding hydrogens is 232 g/mol. The molecule has 110 valence electrons. The maximum Gasteiger partial charge on any atom is 0.0177 e. The zero-order valence-electron chi connectivity index (χ0n) is 13.3. The van der Waals surface area contributed by atoms with Crippen molar-refractivity contribution >= 4 is 0 Å². The lowest BCUT2D eigenvalue weighted by Crippen LogP contribution is -2.53. The highest BCUT2D eigenvalue weighted by Gasteiger charge is 2.59. The van der Waals surface area contributed by atoms with Crippen LogP contribution in [0.2, 0.25) is 0 Å². The van der Waals surface area contributed by atoms with E-state index >= 15 is 0 Å². The van der Waals surface area contributed by atoms with Gasteiger partial charge in [-0.05, 0) is 68.7 Å². The Morgan fingerprint density at radius 1 is 1.26 bits per heavy atom. The number of nitrogens with one attached hydrogen (secondary N) is 2. The molecule has 5 atom stereocenters. The zero-order valence-corrected chi connectivity index (χ0v) is 13.3. The average Bonchev–Trinajstić information content (AvgIpc) is 2.98. The van der Waals surface area contributed by atoms with Gasteiger partial charge in [-0.2, -0.15) is 0 Å². The van der Waals surface area contributed by atoms with E-state index in [2.05, 4.69) is 38.3 Å². The minimum Gasteiger partial charge on any atom is -0.314 e. The van der Waals surface area contributed by atoms with Gasteiger partial charge in [0.15, 0.2) is 0 Å². The molecular formula is C17H32N2. The summed E-state index contributed by atoms with van der Waals surface area (Å²) >= 11 is 0. The molecule has 3 aliphatic rings. The van der Waals surface area contributed by atoms with Crippen molar-refractivity contribution in [1.29, 1.82) is 0 Å². The molecule has 1 aliphatic heterocycles. The fourth-order valence-corrected chi connectivity index (χ4v) is 5.46. The van der Waals surface area contributed by atoms with Gasteiger partial charge in [-0.3, -0.25) is 0 Å². The van der Waals surface area contributed by atoms with Crippen molar-refractivity contribution in [3.05, 3.63) is 0 Å². The fourth-order valence-electron chi connectivity index (χ4n) is 5.46. The average molecular weight is 264 g/mol. The van der Waals surface area contributed by atoms with Crippen molar-refractivity contribution in [2.75, 3.05) is 6.54 Å². The van der Waals surface area contributed by atoms with Crippen LogP contribution in [0.4, 0.5) is 0 Å². The van der Waals surface area contributed by atoms with Crippen LogP contribution in [0.15, 0.2) is 0 Å². The molecule has 0 aromatic rings. The molecule has 5 unspecified atom stereocenters. The van der Waals surface area contributed by atoms with Crippen molar-refractivity contribution in [2.45, 2.75) is 84.3 Å². The largest absolute Gasteiger partial charge is 0.314 e. The first kappa shape index (κ1) is 13.9. The molecule has 1 saturated heterocycles. The summed E-state index contributed by atoms with van der Waals surface area (Å²) in [5, 5.41) is 7.66.